The molecular formula is C19H19N3O2. The first-order valence-corrected chi connectivity index (χ1v) is 7.69. The van der Waals surface area contributed by atoms with Crippen LogP contribution in [-0.2, 0) is 6.54 Å². The van der Waals surface area contributed by atoms with Gasteiger partial charge in [0, 0.05) is 18.8 Å². The Morgan fingerprint density at radius 3 is 2.54 bits per heavy atom. The van der Waals surface area contributed by atoms with Gasteiger partial charge in [-0.25, -0.2) is 0 Å². The van der Waals surface area contributed by atoms with Crippen molar-refractivity contribution in [1.82, 2.24) is 15.1 Å². The fraction of sp³-hybridized carbons (Fsp3) is 0.158. The third-order valence-electron chi connectivity index (χ3n) is 3.78. The van der Waals surface area contributed by atoms with Gasteiger partial charge in [-0.05, 0) is 17.7 Å². The molecule has 0 atom stereocenters. The van der Waals surface area contributed by atoms with Gasteiger partial charge in [0.15, 0.2) is 0 Å². The number of benzene rings is 2. The highest BCUT2D eigenvalue weighted by molar-refractivity contribution is 6.00. The Morgan fingerprint density at radius 2 is 1.83 bits per heavy atom. The number of ether oxygens (including phenoxy) is 1. The lowest BCUT2D eigenvalue weighted by Gasteiger charge is -2.07. The van der Waals surface area contributed by atoms with Crippen molar-refractivity contribution >= 4 is 5.91 Å². The molecule has 3 rings (SSSR count). The Bertz CT molecular complexity index is 841. The molecule has 0 fully saturated rings. The van der Waals surface area contributed by atoms with Gasteiger partial charge in [-0.3, -0.25) is 9.48 Å². The minimum atomic E-state index is -0.171. The quantitative estimate of drug-likeness (QED) is 0.786. The highest BCUT2D eigenvalue weighted by Crippen LogP contribution is 2.31. The summed E-state index contributed by atoms with van der Waals surface area (Å²) in [5.74, 6) is 0.517. The third kappa shape index (κ3) is 3.15. The first-order chi connectivity index (χ1) is 11.7. The normalized spacial score (nSPS) is 10.4. The number of aromatic nitrogens is 2. The maximum absolute atomic E-state index is 12.3. The highest BCUT2D eigenvalue weighted by Gasteiger charge is 2.19. The number of hydrogen-bond donors (Lipinski definition) is 1. The van der Waals surface area contributed by atoms with Crippen LogP contribution in [0.25, 0.3) is 11.3 Å². The summed E-state index contributed by atoms with van der Waals surface area (Å²) in [6.45, 7) is 0.597. The lowest BCUT2D eigenvalue weighted by molar-refractivity contribution is 0.0963. The molecule has 5 nitrogen and oxygen atoms in total. The van der Waals surface area contributed by atoms with Gasteiger partial charge in [0.1, 0.15) is 11.4 Å². The van der Waals surface area contributed by atoms with Crippen molar-refractivity contribution in [2.75, 3.05) is 14.2 Å². The number of methoxy groups -OCH3 is 1. The number of carbonyl (C=O) groups excluding carboxylic acids is 1. The van der Waals surface area contributed by atoms with Crippen molar-refractivity contribution in [2.45, 2.75) is 6.54 Å². The topological polar surface area (TPSA) is 56.2 Å². The van der Waals surface area contributed by atoms with Gasteiger partial charge in [-0.1, -0.05) is 42.5 Å². The highest BCUT2D eigenvalue weighted by atomic mass is 16.5. The molecular weight excluding hydrogens is 302 g/mol. The maximum atomic E-state index is 12.3. The van der Waals surface area contributed by atoms with Crippen molar-refractivity contribution in [1.29, 1.82) is 0 Å². The van der Waals surface area contributed by atoms with E-state index in [9.17, 15) is 4.79 Å². The molecule has 0 aliphatic carbocycles. The molecule has 3 aromatic rings. The standard InChI is InChI=1S/C19H19N3O2/c1-20-19(23)16-13-22(12-14-8-4-3-5-9-14)21-18(16)15-10-6-7-11-17(15)24-2/h3-11,13H,12H2,1-2H3,(H,20,23). The molecule has 5 heteroatoms. The van der Waals surface area contributed by atoms with Crippen LogP contribution in [0.5, 0.6) is 5.75 Å². The maximum Gasteiger partial charge on any atom is 0.254 e. The zero-order valence-electron chi connectivity index (χ0n) is 13.7. The molecule has 1 N–H and O–H groups in total. The molecule has 0 radical (unpaired) electrons. The van der Waals surface area contributed by atoms with Crippen molar-refractivity contribution in [2.24, 2.45) is 0 Å². The van der Waals surface area contributed by atoms with Gasteiger partial charge < -0.3 is 10.1 Å². The summed E-state index contributed by atoms with van der Waals surface area (Å²) in [5.41, 5.74) is 3.06. The lowest BCUT2D eigenvalue weighted by Crippen LogP contribution is -2.18. The summed E-state index contributed by atoms with van der Waals surface area (Å²) in [4.78, 5) is 12.3. The third-order valence-corrected chi connectivity index (χ3v) is 3.78. The number of rotatable bonds is 5. The van der Waals surface area contributed by atoms with Gasteiger partial charge in [-0.2, -0.15) is 5.10 Å². The van der Waals surface area contributed by atoms with Crippen LogP contribution < -0.4 is 10.1 Å². The van der Waals surface area contributed by atoms with Gasteiger partial charge in [0.2, 0.25) is 0 Å². The molecule has 1 aromatic heterocycles. The predicted molar refractivity (Wildman–Crippen MR) is 93.1 cm³/mol. The van der Waals surface area contributed by atoms with E-state index >= 15 is 0 Å². The molecule has 0 spiro atoms. The second kappa shape index (κ2) is 7.00. The Hall–Kier alpha value is -3.08. The monoisotopic (exact) mass is 321 g/mol. The molecule has 2 aromatic carbocycles. The first kappa shape index (κ1) is 15.8. The summed E-state index contributed by atoms with van der Waals surface area (Å²) in [6, 6.07) is 17.6. The van der Waals surface area contributed by atoms with Crippen LogP contribution in [0.15, 0.2) is 60.8 Å². The molecule has 0 saturated carbocycles. The van der Waals surface area contributed by atoms with E-state index in [1.807, 2.05) is 54.6 Å². The van der Waals surface area contributed by atoms with E-state index in [0.717, 1.165) is 11.1 Å². The molecule has 1 heterocycles. The average molecular weight is 321 g/mol. The predicted octanol–water partition coefficient (Wildman–Crippen LogP) is 2.97. The van der Waals surface area contributed by atoms with Crippen LogP contribution in [0, 0.1) is 0 Å². The number of amides is 1. The van der Waals surface area contributed by atoms with E-state index in [-0.39, 0.29) is 5.91 Å². The molecule has 0 unspecified atom stereocenters. The summed E-state index contributed by atoms with van der Waals surface area (Å²) >= 11 is 0. The minimum absolute atomic E-state index is 0.171. The van der Waals surface area contributed by atoms with Crippen LogP contribution in [0.1, 0.15) is 15.9 Å². The Balaban J connectivity index is 2.06. The molecule has 0 aliphatic heterocycles. The molecule has 1 amide bonds. The molecule has 0 saturated heterocycles. The fourth-order valence-electron chi connectivity index (χ4n) is 2.61. The van der Waals surface area contributed by atoms with Gasteiger partial charge in [-0.15, -0.1) is 0 Å². The SMILES string of the molecule is CNC(=O)c1cn(Cc2ccccc2)nc1-c1ccccc1OC. The van der Waals surface area contributed by atoms with Crippen LogP contribution >= 0.6 is 0 Å². The van der Waals surface area contributed by atoms with Gasteiger partial charge >= 0.3 is 0 Å². The van der Waals surface area contributed by atoms with Crippen LogP contribution in [0.4, 0.5) is 0 Å². The van der Waals surface area contributed by atoms with E-state index in [1.54, 1.807) is 25.0 Å². The largest absolute Gasteiger partial charge is 0.496 e. The Kier molecular flexibility index (Phi) is 4.61. The Labute approximate surface area is 140 Å². The van der Waals surface area contributed by atoms with Crippen molar-refractivity contribution < 1.29 is 9.53 Å². The zero-order chi connectivity index (χ0) is 16.9. The number of nitrogens with zero attached hydrogens (tertiary/aromatic N) is 2. The number of para-hydroxylation sites is 1. The first-order valence-electron chi connectivity index (χ1n) is 7.69. The van der Waals surface area contributed by atoms with E-state index < -0.39 is 0 Å². The minimum Gasteiger partial charge on any atom is -0.496 e. The van der Waals surface area contributed by atoms with E-state index in [4.69, 9.17) is 4.74 Å². The van der Waals surface area contributed by atoms with Gasteiger partial charge in [0.25, 0.3) is 5.91 Å². The van der Waals surface area contributed by atoms with Crippen LogP contribution in [0.2, 0.25) is 0 Å². The van der Waals surface area contributed by atoms with Crippen LogP contribution in [0.3, 0.4) is 0 Å². The smallest absolute Gasteiger partial charge is 0.254 e. The Morgan fingerprint density at radius 1 is 1.12 bits per heavy atom. The van der Waals surface area contributed by atoms with Crippen LogP contribution in [-0.4, -0.2) is 29.8 Å². The van der Waals surface area contributed by atoms with Crippen molar-refractivity contribution in [3.8, 4) is 17.0 Å². The summed E-state index contributed by atoms with van der Waals surface area (Å²) in [7, 11) is 3.22. The number of carbonyl (C=O) groups is 1. The summed E-state index contributed by atoms with van der Waals surface area (Å²) in [6.07, 6.45) is 1.77. The van der Waals surface area contributed by atoms with Crippen molar-refractivity contribution in [3.05, 3.63) is 71.9 Å². The zero-order valence-corrected chi connectivity index (χ0v) is 13.7. The number of nitrogens with one attached hydrogen (secondary N) is 1. The molecule has 122 valence electrons. The molecule has 0 aliphatic rings. The second-order valence-electron chi connectivity index (χ2n) is 5.35. The lowest BCUT2D eigenvalue weighted by atomic mass is 10.1. The average Bonchev–Trinajstić information content (AvgIpc) is 3.05. The van der Waals surface area contributed by atoms with Gasteiger partial charge in [0.05, 0.1) is 19.2 Å². The van der Waals surface area contributed by atoms with Crippen molar-refractivity contribution in [3.63, 3.8) is 0 Å². The molecule has 0 bridgehead atoms. The van der Waals surface area contributed by atoms with E-state index in [2.05, 4.69) is 10.4 Å². The van der Waals surface area contributed by atoms with E-state index in [1.165, 1.54) is 0 Å². The molecule has 24 heavy (non-hydrogen) atoms. The van der Waals surface area contributed by atoms with E-state index in [0.29, 0.717) is 23.6 Å². The number of hydrogen-bond acceptors (Lipinski definition) is 3. The summed E-state index contributed by atoms with van der Waals surface area (Å²) < 4.78 is 7.19. The summed E-state index contributed by atoms with van der Waals surface area (Å²) in [5, 5.41) is 7.30. The fourth-order valence-corrected chi connectivity index (χ4v) is 2.61. The second-order valence-corrected chi connectivity index (χ2v) is 5.35.